The summed E-state index contributed by atoms with van der Waals surface area (Å²) >= 11 is 0. The predicted molar refractivity (Wildman–Crippen MR) is 69.4 cm³/mol. The van der Waals surface area contributed by atoms with Gasteiger partial charge in [-0.05, 0) is 24.6 Å². The maximum absolute atomic E-state index is 12.1. The zero-order valence-corrected chi connectivity index (χ0v) is 11.5. The Labute approximate surface area is 119 Å². The van der Waals surface area contributed by atoms with Gasteiger partial charge in [0.2, 0.25) is 0 Å². The number of nitrogens with one attached hydrogen (secondary N) is 1. The van der Waals surface area contributed by atoms with Crippen LogP contribution >= 0.6 is 0 Å². The number of benzene rings is 1. The molecule has 21 heavy (non-hydrogen) atoms. The number of alkyl halides is 3. The molecule has 0 saturated heterocycles. The van der Waals surface area contributed by atoms with E-state index >= 15 is 0 Å². The van der Waals surface area contributed by atoms with Crippen molar-refractivity contribution in [3.8, 4) is 0 Å². The first-order valence-corrected chi connectivity index (χ1v) is 5.94. The fraction of sp³-hybridized carbons (Fsp3) is 0.286. The Balaban J connectivity index is 2.61. The Morgan fingerprint density at radius 2 is 1.81 bits per heavy atom. The van der Waals surface area contributed by atoms with E-state index in [-0.39, 0.29) is 12.2 Å². The van der Waals surface area contributed by atoms with Crippen LogP contribution in [0.2, 0.25) is 0 Å². The van der Waals surface area contributed by atoms with Gasteiger partial charge in [0.25, 0.3) is 5.78 Å². The molecule has 0 atom stereocenters. The first-order chi connectivity index (χ1) is 9.74. The van der Waals surface area contributed by atoms with E-state index in [1.165, 1.54) is 14.0 Å². The zero-order chi connectivity index (χ0) is 16.0. The molecule has 1 aromatic rings. The van der Waals surface area contributed by atoms with Crippen molar-refractivity contribution in [3.05, 3.63) is 47.2 Å². The van der Waals surface area contributed by atoms with Gasteiger partial charge in [-0.3, -0.25) is 4.79 Å². The fourth-order valence-electron chi connectivity index (χ4n) is 1.45. The number of hydrogen-bond acceptors (Lipinski definition) is 4. The van der Waals surface area contributed by atoms with Gasteiger partial charge >= 0.3 is 12.1 Å². The molecule has 0 aromatic heterocycles. The number of ether oxygens (including phenoxy) is 1. The Bertz CT molecular complexity index is 548. The van der Waals surface area contributed by atoms with Gasteiger partial charge in [0.1, 0.15) is 0 Å². The third-order valence-corrected chi connectivity index (χ3v) is 2.57. The van der Waals surface area contributed by atoms with Gasteiger partial charge in [0.15, 0.2) is 0 Å². The molecular formula is C14H14F3NO3. The normalized spacial score (nSPS) is 12.0. The van der Waals surface area contributed by atoms with E-state index in [2.05, 4.69) is 10.1 Å². The number of carbonyl (C=O) groups excluding carboxylic acids is 2. The topological polar surface area (TPSA) is 55.4 Å². The molecule has 7 heteroatoms. The number of ketones is 1. The van der Waals surface area contributed by atoms with Crippen molar-refractivity contribution in [2.45, 2.75) is 19.6 Å². The van der Waals surface area contributed by atoms with Crippen molar-refractivity contribution in [1.29, 1.82) is 0 Å². The van der Waals surface area contributed by atoms with Crippen molar-refractivity contribution in [1.82, 2.24) is 5.32 Å². The Morgan fingerprint density at radius 1 is 1.24 bits per heavy atom. The van der Waals surface area contributed by atoms with Crippen molar-refractivity contribution in [3.63, 3.8) is 0 Å². The van der Waals surface area contributed by atoms with Crippen LogP contribution in [0.3, 0.4) is 0 Å². The van der Waals surface area contributed by atoms with E-state index in [4.69, 9.17) is 0 Å². The molecule has 0 bridgehead atoms. The van der Waals surface area contributed by atoms with Gasteiger partial charge in [-0.25, -0.2) is 4.79 Å². The Hall–Kier alpha value is -2.31. The van der Waals surface area contributed by atoms with Crippen LogP contribution in [0.25, 0.3) is 0 Å². The molecule has 4 nitrogen and oxygen atoms in total. The third kappa shape index (κ3) is 5.29. The molecule has 1 N–H and O–H groups in total. The number of esters is 1. The second-order valence-electron chi connectivity index (χ2n) is 4.23. The molecule has 0 heterocycles. The van der Waals surface area contributed by atoms with Gasteiger partial charge in [-0.15, -0.1) is 0 Å². The summed E-state index contributed by atoms with van der Waals surface area (Å²) in [4.78, 5) is 22.0. The highest BCUT2D eigenvalue weighted by Gasteiger charge is 2.36. The predicted octanol–water partition coefficient (Wildman–Crippen LogP) is 2.60. The molecule has 1 aromatic carbocycles. The quantitative estimate of drug-likeness (QED) is 0.671. The van der Waals surface area contributed by atoms with Gasteiger partial charge in [0.05, 0.1) is 12.7 Å². The van der Waals surface area contributed by atoms with Crippen molar-refractivity contribution in [2.24, 2.45) is 0 Å². The summed E-state index contributed by atoms with van der Waals surface area (Å²) in [6.07, 6.45) is -4.37. The highest BCUT2D eigenvalue weighted by Crippen LogP contribution is 2.17. The molecule has 0 unspecified atom stereocenters. The SMILES string of the molecule is COC(=O)c1ccc(CN/C(C)=C/C(=O)C(F)(F)F)cc1. The average molecular weight is 301 g/mol. The lowest BCUT2D eigenvalue weighted by Crippen LogP contribution is -2.22. The average Bonchev–Trinajstić information content (AvgIpc) is 2.43. The number of allylic oxidation sites excluding steroid dienone is 2. The second kappa shape index (κ2) is 6.92. The van der Waals surface area contributed by atoms with Crippen molar-refractivity contribution < 1.29 is 27.5 Å². The van der Waals surface area contributed by atoms with Gasteiger partial charge in [0, 0.05) is 18.3 Å². The molecule has 0 aliphatic heterocycles. The molecule has 0 radical (unpaired) electrons. The molecule has 0 saturated carbocycles. The Morgan fingerprint density at radius 3 is 2.29 bits per heavy atom. The molecule has 0 fully saturated rings. The molecular weight excluding hydrogens is 287 g/mol. The van der Waals surface area contributed by atoms with E-state index in [1.54, 1.807) is 24.3 Å². The standard InChI is InChI=1S/C14H14F3NO3/c1-9(7-12(19)14(15,16)17)18-8-10-3-5-11(6-4-10)13(20)21-2/h3-7,18H,8H2,1-2H3/b9-7+. The smallest absolute Gasteiger partial charge is 0.454 e. The summed E-state index contributed by atoms with van der Waals surface area (Å²) in [5, 5.41) is 2.69. The molecule has 1 rings (SSSR count). The van der Waals surface area contributed by atoms with Crippen LogP contribution in [0.15, 0.2) is 36.0 Å². The van der Waals surface area contributed by atoms with Crippen LogP contribution in [0, 0.1) is 0 Å². The van der Waals surface area contributed by atoms with E-state index in [0.29, 0.717) is 11.6 Å². The number of rotatable bonds is 5. The lowest BCUT2D eigenvalue weighted by atomic mass is 10.1. The van der Waals surface area contributed by atoms with E-state index < -0.39 is 17.9 Å². The summed E-state index contributed by atoms with van der Waals surface area (Å²) in [6.45, 7) is 1.60. The minimum absolute atomic E-state index is 0.106. The first kappa shape index (κ1) is 16.7. The van der Waals surface area contributed by atoms with Crippen LogP contribution in [0.5, 0.6) is 0 Å². The molecule has 0 amide bonds. The van der Waals surface area contributed by atoms with Gasteiger partial charge < -0.3 is 10.1 Å². The molecule has 0 aliphatic rings. The summed E-state index contributed by atoms with van der Waals surface area (Å²) in [6, 6.07) is 6.36. The number of methoxy groups -OCH3 is 1. The summed E-state index contributed by atoms with van der Waals surface area (Å²) in [5.41, 5.74) is 1.23. The van der Waals surface area contributed by atoms with Crippen LogP contribution in [-0.2, 0) is 16.1 Å². The minimum Gasteiger partial charge on any atom is -0.465 e. The van der Waals surface area contributed by atoms with Crippen molar-refractivity contribution >= 4 is 11.8 Å². The zero-order valence-electron chi connectivity index (χ0n) is 11.5. The van der Waals surface area contributed by atoms with Gasteiger partial charge in [-0.2, -0.15) is 13.2 Å². The van der Waals surface area contributed by atoms with Crippen molar-refractivity contribution in [2.75, 3.05) is 7.11 Å². The number of carbonyl (C=O) groups is 2. The van der Waals surface area contributed by atoms with Gasteiger partial charge in [-0.1, -0.05) is 12.1 Å². The van der Waals surface area contributed by atoms with Crippen LogP contribution in [-0.4, -0.2) is 25.0 Å². The fourth-order valence-corrected chi connectivity index (χ4v) is 1.45. The lowest BCUT2D eigenvalue weighted by molar-refractivity contribution is -0.165. The summed E-state index contributed by atoms with van der Waals surface area (Å²) in [7, 11) is 1.27. The third-order valence-electron chi connectivity index (χ3n) is 2.57. The van der Waals surface area contributed by atoms with Crippen LogP contribution in [0.4, 0.5) is 13.2 Å². The summed E-state index contributed by atoms with van der Waals surface area (Å²) < 4.78 is 40.7. The first-order valence-electron chi connectivity index (χ1n) is 5.94. The summed E-state index contributed by atoms with van der Waals surface area (Å²) in [5.74, 6) is -2.38. The second-order valence-corrected chi connectivity index (χ2v) is 4.23. The highest BCUT2D eigenvalue weighted by molar-refractivity contribution is 5.94. The molecule has 0 spiro atoms. The number of halogens is 3. The maximum atomic E-state index is 12.1. The van der Waals surface area contributed by atoms with E-state index in [9.17, 15) is 22.8 Å². The molecule has 114 valence electrons. The lowest BCUT2D eigenvalue weighted by Gasteiger charge is -2.08. The van der Waals surface area contributed by atoms with E-state index in [1.807, 2.05) is 0 Å². The minimum atomic E-state index is -4.87. The Kier molecular flexibility index (Phi) is 5.52. The number of hydrogen-bond donors (Lipinski definition) is 1. The monoisotopic (exact) mass is 301 g/mol. The van der Waals surface area contributed by atoms with E-state index in [0.717, 1.165) is 5.56 Å². The van der Waals surface area contributed by atoms with Crippen LogP contribution in [0.1, 0.15) is 22.8 Å². The molecule has 0 aliphatic carbocycles. The maximum Gasteiger partial charge on any atom is 0.454 e. The largest absolute Gasteiger partial charge is 0.465 e. The highest BCUT2D eigenvalue weighted by atomic mass is 19.4. The van der Waals surface area contributed by atoms with Crippen LogP contribution < -0.4 is 5.32 Å².